The monoisotopic (exact) mass is 226 g/mol. The van der Waals surface area contributed by atoms with Gasteiger partial charge in [0.05, 0.1) is 0 Å². The minimum Gasteiger partial charge on any atom is -0.179 e. The number of hydrogen-bond acceptors (Lipinski definition) is 2. The molecule has 0 spiro atoms. The van der Waals surface area contributed by atoms with E-state index in [0.717, 1.165) is 12.2 Å². The van der Waals surface area contributed by atoms with Gasteiger partial charge in [-0.3, -0.25) is 0 Å². The molecule has 0 aliphatic carbocycles. The Kier molecular flexibility index (Phi) is 4.90. The van der Waals surface area contributed by atoms with E-state index in [1.165, 1.54) is 11.1 Å². The average molecular weight is 226 g/mol. The molecule has 2 heteroatoms. The maximum Gasteiger partial charge on any atom is 0.0274 e. The van der Waals surface area contributed by atoms with Crippen molar-refractivity contribution in [3.05, 3.63) is 35.4 Å². The first-order valence-corrected chi connectivity index (χ1v) is 6.18. The van der Waals surface area contributed by atoms with E-state index in [1.54, 1.807) is 0 Å². The summed E-state index contributed by atoms with van der Waals surface area (Å²) in [6, 6.07) is 8.75. The van der Waals surface area contributed by atoms with E-state index in [2.05, 4.69) is 63.4 Å². The van der Waals surface area contributed by atoms with Crippen LogP contribution in [0.2, 0.25) is 0 Å². The van der Waals surface area contributed by atoms with Crippen LogP contribution < -0.4 is 0 Å². The van der Waals surface area contributed by atoms with E-state index in [0.29, 0.717) is 11.2 Å². The normalized spacial score (nSPS) is 13.2. The molecule has 0 aliphatic heterocycles. The van der Waals surface area contributed by atoms with Crippen molar-refractivity contribution in [3.8, 4) is 0 Å². The standard InChI is InChI=1S/C12H18S2/c1-9(2)10-3-5-11(6-4-10)12(14)7-8-13/h3-6,9,12-14H,7-8H2,1-2H3. The van der Waals surface area contributed by atoms with Crippen molar-refractivity contribution < 1.29 is 0 Å². The maximum absolute atomic E-state index is 4.54. The summed E-state index contributed by atoms with van der Waals surface area (Å²) in [7, 11) is 0. The van der Waals surface area contributed by atoms with Gasteiger partial charge in [0.1, 0.15) is 0 Å². The summed E-state index contributed by atoms with van der Waals surface area (Å²) in [4.78, 5) is 0. The fourth-order valence-electron chi connectivity index (χ4n) is 1.39. The van der Waals surface area contributed by atoms with Crippen molar-refractivity contribution in [1.82, 2.24) is 0 Å². The van der Waals surface area contributed by atoms with E-state index < -0.39 is 0 Å². The average Bonchev–Trinajstić information content (AvgIpc) is 2.18. The van der Waals surface area contributed by atoms with Gasteiger partial charge in [-0.15, -0.1) is 0 Å². The van der Waals surface area contributed by atoms with Gasteiger partial charge in [0.2, 0.25) is 0 Å². The predicted octanol–water partition coefficient (Wildman–Crippen LogP) is 4.10. The van der Waals surface area contributed by atoms with Crippen LogP contribution in [-0.2, 0) is 0 Å². The van der Waals surface area contributed by atoms with Crippen LogP contribution in [0, 0.1) is 0 Å². The largest absolute Gasteiger partial charge is 0.179 e. The van der Waals surface area contributed by atoms with Crippen molar-refractivity contribution in [2.24, 2.45) is 0 Å². The molecule has 1 aromatic carbocycles. The van der Waals surface area contributed by atoms with Crippen LogP contribution in [0.1, 0.15) is 42.6 Å². The zero-order valence-corrected chi connectivity index (χ0v) is 10.6. The van der Waals surface area contributed by atoms with Crippen LogP contribution in [0.4, 0.5) is 0 Å². The zero-order valence-electron chi connectivity index (χ0n) is 8.77. The molecule has 0 fully saturated rings. The van der Waals surface area contributed by atoms with Crippen molar-refractivity contribution in [1.29, 1.82) is 0 Å². The van der Waals surface area contributed by atoms with Gasteiger partial charge in [-0.05, 0) is 29.2 Å². The first-order valence-electron chi connectivity index (χ1n) is 5.04. The summed E-state index contributed by atoms with van der Waals surface area (Å²) >= 11 is 8.75. The highest BCUT2D eigenvalue weighted by atomic mass is 32.1. The molecule has 78 valence electrons. The summed E-state index contributed by atoms with van der Waals surface area (Å²) in [6.07, 6.45) is 1.02. The molecule has 0 aromatic heterocycles. The van der Waals surface area contributed by atoms with E-state index >= 15 is 0 Å². The van der Waals surface area contributed by atoms with Crippen LogP contribution >= 0.6 is 25.3 Å². The Bertz CT molecular complexity index is 264. The fourth-order valence-corrected chi connectivity index (χ4v) is 2.16. The Balaban J connectivity index is 2.72. The van der Waals surface area contributed by atoms with Gasteiger partial charge < -0.3 is 0 Å². The molecule has 0 heterocycles. The van der Waals surface area contributed by atoms with Crippen LogP contribution in [0.15, 0.2) is 24.3 Å². The topological polar surface area (TPSA) is 0 Å². The molecule has 1 rings (SSSR count). The number of hydrogen-bond donors (Lipinski definition) is 2. The van der Waals surface area contributed by atoms with Crippen LogP contribution in [-0.4, -0.2) is 5.75 Å². The van der Waals surface area contributed by atoms with Gasteiger partial charge in [-0.1, -0.05) is 38.1 Å². The summed E-state index contributed by atoms with van der Waals surface area (Å²) in [5.41, 5.74) is 2.69. The smallest absolute Gasteiger partial charge is 0.0274 e. The minimum atomic E-state index is 0.328. The van der Waals surface area contributed by atoms with E-state index in [-0.39, 0.29) is 0 Å². The molecule has 1 unspecified atom stereocenters. The van der Waals surface area contributed by atoms with Gasteiger partial charge in [0, 0.05) is 5.25 Å². The second-order valence-corrected chi connectivity index (χ2v) is 4.92. The SMILES string of the molecule is CC(C)c1ccc(C(S)CCS)cc1. The number of rotatable bonds is 4. The molecular formula is C12H18S2. The zero-order chi connectivity index (χ0) is 10.6. The van der Waals surface area contributed by atoms with Gasteiger partial charge in [0.25, 0.3) is 0 Å². The summed E-state index contributed by atoms with van der Waals surface area (Å²) < 4.78 is 0. The quantitative estimate of drug-likeness (QED) is 0.710. The fraction of sp³-hybridized carbons (Fsp3) is 0.500. The molecule has 0 bridgehead atoms. The lowest BCUT2D eigenvalue weighted by Crippen LogP contribution is -1.93. The van der Waals surface area contributed by atoms with Gasteiger partial charge in [0.15, 0.2) is 0 Å². The summed E-state index contributed by atoms with van der Waals surface area (Å²) in [5, 5.41) is 0.328. The third-order valence-electron chi connectivity index (χ3n) is 2.39. The molecule has 0 radical (unpaired) electrons. The summed E-state index contributed by atoms with van der Waals surface area (Å²) in [5.74, 6) is 1.49. The Morgan fingerprint density at radius 1 is 1.07 bits per heavy atom. The van der Waals surface area contributed by atoms with Crippen LogP contribution in [0.25, 0.3) is 0 Å². The van der Waals surface area contributed by atoms with Crippen molar-refractivity contribution in [2.75, 3.05) is 5.75 Å². The highest BCUT2D eigenvalue weighted by molar-refractivity contribution is 7.81. The van der Waals surface area contributed by atoms with Gasteiger partial charge >= 0.3 is 0 Å². The molecule has 1 atom stereocenters. The summed E-state index contributed by atoms with van der Waals surface area (Å²) in [6.45, 7) is 4.42. The van der Waals surface area contributed by atoms with E-state index in [4.69, 9.17) is 0 Å². The van der Waals surface area contributed by atoms with Crippen LogP contribution in [0.3, 0.4) is 0 Å². The maximum atomic E-state index is 4.54. The molecule has 1 aromatic rings. The lowest BCUT2D eigenvalue weighted by molar-refractivity contribution is 0.860. The lowest BCUT2D eigenvalue weighted by Gasteiger charge is -2.11. The molecule has 0 amide bonds. The third kappa shape index (κ3) is 3.25. The number of thiol groups is 2. The third-order valence-corrected chi connectivity index (χ3v) is 3.20. The molecule has 0 N–H and O–H groups in total. The predicted molar refractivity (Wildman–Crippen MR) is 70.7 cm³/mol. The molecule has 0 nitrogen and oxygen atoms in total. The second-order valence-electron chi connectivity index (χ2n) is 3.85. The van der Waals surface area contributed by atoms with E-state index in [9.17, 15) is 0 Å². The molecule has 14 heavy (non-hydrogen) atoms. The Morgan fingerprint density at radius 3 is 2.00 bits per heavy atom. The first kappa shape index (κ1) is 12.0. The van der Waals surface area contributed by atoms with Crippen molar-refractivity contribution >= 4 is 25.3 Å². The molecular weight excluding hydrogens is 208 g/mol. The van der Waals surface area contributed by atoms with Gasteiger partial charge in [-0.25, -0.2) is 0 Å². The molecule has 0 saturated heterocycles. The second kappa shape index (κ2) is 5.72. The molecule has 0 saturated carbocycles. The first-order chi connectivity index (χ1) is 6.65. The lowest BCUT2D eigenvalue weighted by atomic mass is 10.0. The van der Waals surface area contributed by atoms with E-state index in [1.807, 2.05) is 0 Å². The number of benzene rings is 1. The Hall–Kier alpha value is -0.0800. The van der Waals surface area contributed by atoms with Crippen LogP contribution in [0.5, 0.6) is 0 Å². The molecule has 0 aliphatic rings. The highest BCUT2D eigenvalue weighted by Gasteiger charge is 2.05. The highest BCUT2D eigenvalue weighted by Crippen LogP contribution is 2.25. The minimum absolute atomic E-state index is 0.328. The van der Waals surface area contributed by atoms with Crippen molar-refractivity contribution in [3.63, 3.8) is 0 Å². The van der Waals surface area contributed by atoms with Crippen molar-refractivity contribution in [2.45, 2.75) is 31.4 Å². The van der Waals surface area contributed by atoms with Gasteiger partial charge in [-0.2, -0.15) is 25.3 Å². The Labute approximate surface area is 97.9 Å². The Morgan fingerprint density at radius 2 is 1.57 bits per heavy atom.